The van der Waals surface area contributed by atoms with Gasteiger partial charge in [-0.05, 0) is 19.4 Å². The van der Waals surface area contributed by atoms with Gasteiger partial charge in [-0.25, -0.2) is 19.0 Å². The smallest absolute Gasteiger partial charge is 0.163 e. The second-order valence-electron chi connectivity index (χ2n) is 6.99. The molecular weight excluding hydrogens is 343 g/mol. The van der Waals surface area contributed by atoms with Crippen molar-refractivity contribution in [1.82, 2.24) is 24.6 Å². The molecule has 0 saturated carbocycles. The van der Waals surface area contributed by atoms with E-state index >= 15 is 0 Å². The van der Waals surface area contributed by atoms with E-state index < -0.39 is 0 Å². The molecule has 1 saturated heterocycles. The zero-order chi connectivity index (χ0) is 19.0. The van der Waals surface area contributed by atoms with Crippen LogP contribution in [0.2, 0.25) is 0 Å². The van der Waals surface area contributed by atoms with Crippen LogP contribution in [0.5, 0.6) is 0 Å². The molecule has 1 fully saturated rings. The van der Waals surface area contributed by atoms with E-state index in [2.05, 4.69) is 31.4 Å². The minimum absolute atomic E-state index is 0.189. The summed E-state index contributed by atoms with van der Waals surface area (Å²) in [5.74, 6) is 0.698. The largest absolute Gasteiger partial charge is 0.372 e. The molecule has 2 aromatic heterocycles. The third kappa shape index (κ3) is 3.25. The van der Waals surface area contributed by atoms with Crippen LogP contribution in [0.4, 0.5) is 10.2 Å². The quantitative estimate of drug-likeness (QED) is 0.711. The van der Waals surface area contributed by atoms with E-state index in [1.165, 1.54) is 0 Å². The first kappa shape index (κ1) is 17.5. The van der Waals surface area contributed by atoms with E-state index in [0.29, 0.717) is 17.7 Å². The van der Waals surface area contributed by atoms with Gasteiger partial charge < -0.3 is 9.80 Å². The Balaban J connectivity index is 1.62. The molecule has 4 rings (SSSR count). The van der Waals surface area contributed by atoms with Crippen LogP contribution in [0.15, 0.2) is 43.0 Å². The molecule has 1 aliphatic heterocycles. The summed E-state index contributed by atoms with van der Waals surface area (Å²) in [6.45, 7) is 11.8. The number of benzene rings is 1. The van der Waals surface area contributed by atoms with Crippen LogP contribution in [0, 0.1) is 12.7 Å². The second-order valence-corrected chi connectivity index (χ2v) is 6.99. The predicted molar refractivity (Wildman–Crippen MR) is 104 cm³/mol. The average Bonchev–Trinajstić information content (AvgIpc) is 3.08. The highest BCUT2D eigenvalue weighted by molar-refractivity contribution is 5.86. The molecule has 3 aromatic rings. The maximum absolute atomic E-state index is 14.4. The first-order chi connectivity index (χ1) is 13.0. The topological polar surface area (TPSA) is 50.1 Å². The Labute approximate surface area is 157 Å². The van der Waals surface area contributed by atoms with Gasteiger partial charge in [0.25, 0.3) is 0 Å². The molecule has 7 heteroatoms. The van der Waals surface area contributed by atoms with Crippen molar-refractivity contribution in [2.45, 2.75) is 20.4 Å². The molecule has 1 aliphatic rings. The van der Waals surface area contributed by atoms with Gasteiger partial charge in [-0.2, -0.15) is 5.10 Å². The Morgan fingerprint density at radius 1 is 1.19 bits per heavy atom. The summed E-state index contributed by atoms with van der Waals surface area (Å²) in [4.78, 5) is 13.4. The minimum Gasteiger partial charge on any atom is -0.372 e. The van der Waals surface area contributed by atoms with Gasteiger partial charge in [-0.3, -0.25) is 0 Å². The normalized spacial score (nSPS) is 14.8. The molecule has 140 valence electrons. The van der Waals surface area contributed by atoms with Gasteiger partial charge in [0.15, 0.2) is 5.65 Å². The molecule has 0 aliphatic carbocycles. The van der Waals surface area contributed by atoms with Gasteiger partial charge in [-0.1, -0.05) is 24.8 Å². The van der Waals surface area contributed by atoms with Crippen LogP contribution in [0.25, 0.3) is 11.0 Å². The van der Waals surface area contributed by atoms with E-state index in [0.717, 1.165) is 48.7 Å². The molecule has 1 aromatic carbocycles. The Morgan fingerprint density at radius 2 is 1.96 bits per heavy atom. The summed E-state index contributed by atoms with van der Waals surface area (Å²) < 4.78 is 16.1. The Kier molecular flexibility index (Phi) is 4.51. The summed E-state index contributed by atoms with van der Waals surface area (Å²) in [5.41, 5.74) is 3.06. The van der Waals surface area contributed by atoms with E-state index in [1.54, 1.807) is 36.3 Å². The van der Waals surface area contributed by atoms with E-state index in [4.69, 9.17) is 0 Å². The van der Waals surface area contributed by atoms with Crippen molar-refractivity contribution in [2.75, 3.05) is 31.1 Å². The Hall–Kier alpha value is -2.96. The summed E-state index contributed by atoms with van der Waals surface area (Å²) >= 11 is 0. The monoisotopic (exact) mass is 366 g/mol. The van der Waals surface area contributed by atoms with Crippen molar-refractivity contribution in [3.8, 4) is 0 Å². The molecule has 27 heavy (non-hydrogen) atoms. The summed E-state index contributed by atoms with van der Waals surface area (Å²) in [6, 6.07) is 5.42. The number of aryl methyl sites for hydroxylation is 1. The number of hydrogen-bond donors (Lipinski definition) is 0. The third-order valence-corrected chi connectivity index (χ3v) is 5.12. The van der Waals surface area contributed by atoms with Crippen LogP contribution < -0.4 is 4.90 Å². The molecule has 3 heterocycles. The molecule has 0 atom stereocenters. The van der Waals surface area contributed by atoms with E-state index in [1.807, 2.05) is 13.0 Å². The molecule has 0 N–H and O–H groups in total. The number of aromatic nitrogens is 4. The lowest BCUT2D eigenvalue weighted by atomic mass is 10.1. The zero-order valence-electron chi connectivity index (χ0n) is 15.7. The van der Waals surface area contributed by atoms with Crippen LogP contribution in [0.3, 0.4) is 0 Å². The molecule has 0 spiro atoms. The Bertz CT molecular complexity index is 987. The number of nitrogens with zero attached hydrogens (tertiary/aromatic N) is 6. The Morgan fingerprint density at radius 3 is 2.70 bits per heavy atom. The van der Waals surface area contributed by atoms with Crippen LogP contribution in [-0.4, -0.2) is 50.8 Å². The van der Waals surface area contributed by atoms with E-state index in [9.17, 15) is 4.39 Å². The van der Waals surface area contributed by atoms with Gasteiger partial charge in [-0.15, -0.1) is 0 Å². The molecule has 0 unspecified atom stereocenters. The maximum atomic E-state index is 14.4. The summed E-state index contributed by atoms with van der Waals surface area (Å²) in [6.07, 6.45) is 3.34. The highest BCUT2D eigenvalue weighted by atomic mass is 19.1. The third-order valence-electron chi connectivity index (χ3n) is 5.12. The molecule has 0 radical (unpaired) electrons. The maximum Gasteiger partial charge on any atom is 0.163 e. The van der Waals surface area contributed by atoms with Gasteiger partial charge in [0.05, 0.1) is 18.1 Å². The molecule has 0 amide bonds. The highest BCUT2D eigenvalue weighted by Gasteiger charge is 2.21. The number of hydrogen-bond acceptors (Lipinski definition) is 5. The van der Waals surface area contributed by atoms with Crippen LogP contribution in [0.1, 0.15) is 18.1 Å². The fourth-order valence-electron chi connectivity index (χ4n) is 3.54. The summed E-state index contributed by atoms with van der Waals surface area (Å²) in [7, 11) is 0. The standard InChI is InChI=1S/C20H23FN6/c1-14(2)25-7-9-26(10-8-25)19-17-11-24-27(20(17)23-13-22-19)12-16-6-4-5-15(3)18(16)21/h4-6,11,13H,1,7-10,12H2,2-3H3. The highest BCUT2D eigenvalue weighted by Crippen LogP contribution is 2.25. The first-order valence-corrected chi connectivity index (χ1v) is 9.10. The molecule has 6 nitrogen and oxygen atoms in total. The number of piperazine rings is 1. The lowest BCUT2D eigenvalue weighted by Crippen LogP contribution is -2.45. The summed E-state index contributed by atoms with van der Waals surface area (Å²) in [5, 5.41) is 5.35. The molecular formula is C20H23FN6. The lowest BCUT2D eigenvalue weighted by molar-refractivity contribution is 0.323. The van der Waals surface area contributed by atoms with Crippen LogP contribution in [-0.2, 0) is 6.54 Å². The van der Waals surface area contributed by atoms with Crippen molar-refractivity contribution < 1.29 is 4.39 Å². The first-order valence-electron chi connectivity index (χ1n) is 9.10. The number of rotatable bonds is 4. The SMILES string of the molecule is C=C(C)N1CCN(c2ncnc3c2cnn3Cc2cccc(C)c2F)CC1. The van der Waals surface area contributed by atoms with Gasteiger partial charge in [0.2, 0.25) is 0 Å². The van der Waals surface area contributed by atoms with Crippen molar-refractivity contribution in [3.63, 3.8) is 0 Å². The zero-order valence-corrected chi connectivity index (χ0v) is 15.7. The fraction of sp³-hybridized carbons (Fsp3) is 0.350. The van der Waals surface area contributed by atoms with Crippen molar-refractivity contribution in [3.05, 3.63) is 59.9 Å². The van der Waals surface area contributed by atoms with Crippen LogP contribution >= 0.6 is 0 Å². The minimum atomic E-state index is -0.189. The van der Waals surface area contributed by atoms with Crippen molar-refractivity contribution in [1.29, 1.82) is 0 Å². The predicted octanol–water partition coefficient (Wildman–Crippen LogP) is 2.98. The second kappa shape index (κ2) is 6.98. The number of anilines is 1. The van der Waals surface area contributed by atoms with Crippen molar-refractivity contribution in [2.24, 2.45) is 0 Å². The van der Waals surface area contributed by atoms with E-state index in [-0.39, 0.29) is 5.82 Å². The van der Waals surface area contributed by atoms with Gasteiger partial charge >= 0.3 is 0 Å². The number of allylic oxidation sites excluding steroid dienone is 1. The number of halogens is 1. The molecule has 0 bridgehead atoms. The van der Waals surface area contributed by atoms with Gasteiger partial charge in [0, 0.05) is 37.4 Å². The fourth-order valence-corrected chi connectivity index (χ4v) is 3.54. The lowest BCUT2D eigenvalue weighted by Gasteiger charge is -2.36. The van der Waals surface area contributed by atoms with Gasteiger partial charge in [0.1, 0.15) is 18.0 Å². The van der Waals surface area contributed by atoms with Crippen molar-refractivity contribution >= 4 is 16.9 Å². The number of fused-ring (bicyclic) bond motifs is 1. The average molecular weight is 366 g/mol.